The number of amides is 1. The molecule has 0 fully saturated rings. The molecule has 4 heterocycles. The molecule has 0 aliphatic heterocycles. The zero-order valence-corrected chi connectivity index (χ0v) is 14.2. The lowest BCUT2D eigenvalue weighted by Crippen LogP contribution is -2.11. The number of carbonyl (C=O) groups is 1. The number of carbonyl (C=O) groups excluding carboxylic acids is 1. The van der Waals surface area contributed by atoms with Gasteiger partial charge >= 0.3 is 0 Å². The van der Waals surface area contributed by atoms with Crippen LogP contribution in [0.5, 0.6) is 0 Å². The van der Waals surface area contributed by atoms with Crippen molar-refractivity contribution in [1.82, 2.24) is 24.5 Å². The van der Waals surface area contributed by atoms with Crippen molar-refractivity contribution >= 4 is 11.6 Å². The molecule has 0 saturated carbocycles. The second-order valence-electron chi connectivity index (χ2n) is 5.80. The van der Waals surface area contributed by atoms with Crippen LogP contribution in [0.4, 0.5) is 5.69 Å². The minimum atomic E-state index is -0.356. The van der Waals surface area contributed by atoms with Crippen molar-refractivity contribution in [3.63, 3.8) is 0 Å². The number of pyridine rings is 1. The van der Waals surface area contributed by atoms with E-state index in [1.165, 1.54) is 0 Å². The molecule has 0 saturated heterocycles. The van der Waals surface area contributed by atoms with Gasteiger partial charge in [-0.05, 0) is 24.3 Å². The Hall–Kier alpha value is -3.68. The van der Waals surface area contributed by atoms with Gasteiger partial charge < -0.3 is 9.73 Å². The monoisotopic (exact) mass is 348 g/mol. The van der Waals surface area contributed by atoms with Crippen molar-refractivity contribution in [2.24, 2.45) is 14.1 Å². The fourth-order valence-electron chi connectivity index (χ4n) is 2.62. The molecule has 0 atom stereocenters. The lowest BCUT2D eigenvalue weighted by molar-refractivity contribution is 0.0997. The lowest BCUT2D eigenvalue weighted by Gasteiger charge is -2.03. The van der Waals surface area contributed by atoms with Gasteiger partial charge in [0.15, 0.2) is 5.76 Å². The number of rotatable bonds is 4. The largest absolute Gasteiger partial charge is 0.451 e. The summed E-state index contributed by atoms with van der Waals surface area (Å²) in [6.45, 7) is 0. The van der Waals surface area contributed by atoms with Gasteiger partial charge in [0.25, 0.3) is 5.91 Å². The second kappa shape index (κ2) is 6.32. The maximum atomic E-state index is 12.6. The number of nitrogens with one attached hydrogen (secondary N) is 1. The average molecular weight is 348 g/mol. The smallest absolute Gasteiger partial charge is 0.291 e. The zero-order chi connectivity index (χ0) is 18.1. The molecular weight excluding hydrogens is 332 g/mol. The number of aryl methyl sites for hydroxylation is 2. The summed E-state index contributed by atoms with van der Waals surface area (Å²) in [6.07, 6.45) is 6.91. The highest BCUT2D eigenvalue weighted by Crippen LogP contribution is 2.26. The van der Waals surface area contributed by atoms with Crippen molar-refractivity contribution in [2.45, 2.75) is 0 Å². The number of nitrogens with zero attached hydrogens (tertiary/aromatic N) is 5. The van der Waals surface area contributed by atoms with Crippen LogP contribution in [0.25, 0.3) is 22.7 Å². The topological polar surface area (TPSA) is 90.8 Å². The van der Waals surface area contributed by atoms with Crippen molar-refractivity contribution in [1.29, 1.82) is 0 Å². The zero-order valence-electron chi connectivity index (χ0n) is 14.2. The number of hydrogen-bond donors (Lipinski definition) is 1. The van der Waals surface area contributed by atoms with Crippen molar-refractivity contribution < 1.29 is 9.21 Å². The van der Waals surface area contributed by atoms with E-state index >= 15 is 0 Å². The van der Waals surface area contributed by atoms with E-state index in [-0.39, 0.29) is 11.7 Å². The molecule has 0 aliphatic carbocycles. The Morgan fingerprint density at radius 3 is 2.73 bits per heavy atom. The Bertz CT molecular complexity index is 1060. The first-order valence-electron chi connectivity index (χ1n) is 7.95. The van der Waals surface area contributed by atoms with Crippen LogP contribution in [0.15, 0.2) is 59.5 Å². The van der Waals surface area contributed by atoms with E-state index in [2.05, 4.69) is 20.5 Å². The van der Waals surface area contributed by atoms with Gasteiger partial charge in [0.05, 0.1) is 23.1 Å². The summed E-state index contributed by atoms with van der Waals surface area (Å²) in [7, 11) is 3.61. The SMILES string of the molecule is Cn1cc(-c2ccc(C(=O)Nc3cn(C)nc3-c3ccccn3)o2)cn1. The molecule has 0 spiro atoms. The standard InChI is InChI=1S/C18H16N6O2/c1-23-10-12(9-20-23)15-6-7-16(26-15)18(25)21-14-11-24(2)22-17(14)13-5-3-4-8-19-13/h3-11H,1-2H3,(H,21,25). The molecule has 4 aromatic rings. The number of anilines is 1. The van der Waals surface area contributed by atoms with Crippen LogP contribution in [0, 0.1) is 0 Å². The van der Waals surface area contributed by atoms with E-state index < -0.39 is 0 Å². The fraction of sp³-hybridized carbons (Fsp3) is 0.111. The van der Waals surface area contributed by atoms with Gasteiger partial charge in [-0.1, -0.05) is 6.07 Å². The van der Waals surface area contributed by atoms with Gasteiger partial charge in [0.1, 0.15) is 11.5 Å². The molecule has 130 valence electrons. The molecule has 8 nitrogen and oxygen atoms in total. The van der Waals surface area contributed by atoms with Crippen LogP contribution in [-0.2, 0) is 14.1 Å². The highest BCUT2D eigenvalue weighted by Gasteiger charge is 2.18. The van der Waals surface area contributed by atoms with Crippen molar-refractivity contribution in [3.05, 3.63) is 60.9 Å². The van der Waals surface area contributed by atoms with Gasteiger partial charge in [-0.15, -0.1) is 0 Å². The average Bonchev–Trinajstić information content (AvgIpc) is 3.35. The molecular formula is C18H16N6O2. The molecule has 1 amide bonds. The molecule has 8 heteroatoms. The van der Waals surface area contributed by atoms with Gasteiger partial charge in [-0.2, -0.15) is 10.2 Å². The Kier molecular flexibility index (Phi) is 3.85. The third-order valence-electron chi connectivity index (χ3n) is 3.80. The third kappa shape index (κ3) is 3.00. The van der Waals surface area contributed by atoms with Crippen LogP contribution in [0.3, 0.4) is 0 Å². The molecule has 4 aromatic heterocycles. The van der Waals surface area contributed by atoms with Crippen LogP contribution in [0.2, 0.25) is 0 Å². The van der Waals surface area contributed by atoms with E-state index in [0.717, 1.165) is 5.56 Å². The molecule has 26 heavy (non-hydrogen) atoms. The molecule has 0 radical (unpaired) electrons. The third-order valence-corrected chi connectivity index (χ3v) is 3.80. The first-order valence-corrected chi connectivity index (χ1v) is 7.95. The number of aromatic nitrogens is 5. The van der Waals surface area contributed by atoms with E-state index in [4.69, 9.17) is 4.42 Å². The molecule has 0 aromatic carbocycles. The van der Waals surface area contributed by atoms with E-state index in [1.54, 1.807) is 47.1 Å². The molecule has 0 unspecified atom stereocenters. The summed E-state index contributed by atoms with van der Waals surface area (Å²) in [4.78, 5) is 16.9. The fourth-order valence-corrected chi connectivity index (χ4v) is 2.62. The second-order valence-corrected chi connectivity index (χ2v) is 5.80. The van der Waals surface area contributed by atoms with Gasteiger partial charge in [-0.25, -0.2) is 0 Å². The summed E-state index contributed by atoms with van der Waals surface area (Å²) in [6, 6.07) is 8.91. The van der Waals surface area contributed by atoms with Crippen LogP contribution >= 0.6 is 0 Å². The summed E-state index contributed by atoms with van der Waals surface area (Å²) in [5, 5.41) is 11.3. The van der Waals surface area contributed by atoms with Crippen molar-refractivity contribution in [2.75, 3.05) is 5.32 Å². The van der Waals surface area contributed by atoms with E-state index in [0.29, 0.717) is 22.8 Å². The highest BCUT2D eigenvalue weighted by atomic mass is 16.3. The lowest BCUT2D eigenvalue weighted by atomic mass is 10.2. The summed E-state index contributed by atoms with van der Waals surface area (Å²) < 4.78 is 8.96. The predicted octanol–water partition coefficient (Wildman–Crippen LogP) is 2.73. The maximum Gasteiger partial charge on any atom is 0.291 e. The summed E-state index contributed by atoms with van der Waals surface area (Å²) in [5.41, 5.74) is 2.65. The van der Waals surface area contributed by atoms with E-state index in [9.17, 15) is 4.79 Å². The predicted molar refractivity (Wildman–Crippen MR) is 95.3 cm³/mol. The Morgan fingerprint density at radius 1 is 1.12 bits per heavy atom. The van der Waals surface area contributed by atoms with Crippen molar-refractivity contribution in [3.8, 4) is 22.7 Å². The summed E-state index contributed by atoms with van der Waals surface area (Å²) in [5.74, 6) is 0.435. The van der Waals surface area contributed by atoms with Crippen LogP contribution in [0.1, 0.15) is 10.6 Å². The van der Waals surface area contributed by atoms with Gasteiger partial charge in [-0.3, -0.25) is 19.1 Å². The van der Waals surface area contributed by atoms with Crippen LogP contribution in [-0.4, -0.2) is 30.5 Å². The Labute approximate surface area is 149 Å². The molecule has 0 bridgehead atoms. The first-order chi connectivity index (χ1) is 12.6. The molecule has 4 rings (SSSR count). The van der Waals surface area contributed by atoms with Gasteiger partial charge in [0.2, 0.25) is 0 Å². The quantitative estimate of drug-likeness (QED) is 0.612. The van der Waals surface area contributed by atoms with E-state index in [1.807, 2.05) is 31.4 Å². The summed E-state index contributed by atoms with van der Waals surface area (Å²) >= 11 is 0. The van der Waals surface area contributed by atoms with Crippen LogP contribution < -0.4 is 5.32 Å². The highest BCUT2D eigenvalue weighted by molar-refractivity contribution is 6.04. The maximum absolute atomic E-state index is 12.6. The Balaban J connectivity index is 1.59. The Morgan fingerprint density at radius 2 is 2.00 bits per heavy atom. The molecule has 0 aliphatic rings. The number of hydrogen-bond acceptors (Lipinski definition) is 5. The van der Waals surface area contributed by atoms with Gasteiger partial charge in [0, 0.05) is 32.7 Å². The normalized spacial score (nSPS) is 10.8. The first kappa shape index (κ1) is 15.8. The number of furan rings is 1. The minimum absolute atomic E-state index is 0.208. The minimum Gasteiger partial charge on any atom is -0.451 e. The molecule has 1 N–H and O–H groups in total.